The van der Waals surface area contributed by atoms with Crippen LogP contribution in [0.4, 0.5) is 10.1 Å². The fourth-order valence-electron chi connectivity index (χ4n) is 1.78. The molecule has 5 heteroatoms. The zero-order valence-corrected chi connectivity index (χ0v) is 10.3. The fourth-order valence-corrected chi connectivity index (χ4v) is 1.78. The molecular weight excluding hydrogens is 235 g/mol. The average molecular weight is 250 g/mol. The number of benzene rings is 1. The van der Waals surface area contributed by atoms with Crippen LogP contribution >= 0.6 is 0 Å². The lowest BCUT2D eigenvalue weighted by atomic mass is 9.92. The Hall–Kier alpha value is -2.09. The van der Waals surface area contributed by atoms with E-state index in [-0.39, 0.29) is 11.3 Å². The van der Waals surface area contributed by atoms with Crippen LogP contribution in [0.2, 0.25) is 0 Å². The SMILES string of the molecule is CCC(CC)(Nc1cccc(F)c1C#N)C(=O)O. The molecule has 0 bridgehead atoms. The second-order valence-corrected chi connectivity index (χ2v) is 3.99. The van der Waals surface area contributed by atoms with E-state index >= 15 is 0 Å². The Balaban J connectivity index is 3.21. The molecule has 4 nitrogen and oxygen atoms in total. The van der Waals surface area contributed by atoms with E-state index in [1.165, 1.54) is 18.2 Å². The van der Waals surface area contributed by atoms with Crippen LogP contribution < -0.4 is 5.32 Å². The van der Waals surface area contributed by atoms with Gasteiger partial charge in [-0.1, -0.05) is 19.9 Å². The lowest BCUT2D eigenvalue weighted by Gasteiger charge is -2.29. The second kappa shape index (κ2) is 5.50. The first-order valence-corrected chi connectivity index (χ1v) is 5.71. The molecule has 0 heterocycles. The number of halogens is 1. The lowest BCUT2D eigenvalue weighted by molar-refractivity contribution is -0.142. The third-order valence-electron chi connectivity index (χ3n) is 3.12. The first-order chi connectivity index (χ1) is 8.50. The number of carboxylic acids is 1. The maximum absolute atomic E-state index is 13.4. The Kier molecular flexibility index (Phi) is 4.27. The van der Waals surface area contributed by atoms with Crippen LogP contribution in [0, 0.1) is 17.1 Å². The van der Waals surface area contributed by atoms with E-state index < -0.39 is 17.3 Å². The molecule has 1 rings (SSSR count). The maximum atomic E-state index is 13.4. The summed E-state index contributed by atoms with van der Waals surface area (Å²) in [6.45, 7) is 3.46. The molecule has 0 radical (unpaired) electrons. The highest BCUT2D eigenvalue weighted by Crippen LogP contribution is 2.26. The molecule has 0 fully saturated rings. The predicted octanol–water partition coefficient (Wildman–Crippen LogP) is 2.75. The van der Waals surface area contributed by atoms with Crippen molar-refractivity contribution in [2.45, 2.75) is 32.2 Å². The number of nitrogens with one attached hydrogen (secondary N) is 1. The number of hydrogen-bond acceptors (Lipinski definition) is 3. The van der Waals surface area contributed by atoms with E-state index in [9.17, 15) is 14.3 Å². The highest BCUT2D eigenvalue weighted by molar-refractivity contribution is 5.83. The van der Waals surface area contributed by atoms with Crippen LogP contribution in [-0.4, -0.2) is 16.6 Å². The van der Waals surface area contributed by atoms with E-state index in [2.05, 4.69) is 5.32 Å². The highest BCUT2D eigenvalue weighted by Gasteiger charge is 2.35. The van der Waals surface area contributed by atoms with Crippen molar-refractivity contribution in [3.63, 3.8) is 0 Å². The smallest absolute Gasteiger partial charge is 0.329 e. The number of carboxylic acid groups (broad SMARTS) is 1. The normalized spacial score (nSPS) is 10.8. The van der Waals surface area contributed by atoms with Gasteiger partial charge in [0.15, 0.2) is 0 Å². The molecule has 96 valence electrons. The van der Waals surface area contributed by atoms with Crippen molar-refractivity contribution >= 4 is 11.7 Å². The van der Waals surface area contributed by atoms with Gasteiger partial charge in [-0.15, -0.1) is 0 Å². The van der Waals surface area contributed by atoms with E-state index in [1.54, 1.807) is 19.9 Å². The number of aliphatic carboxylic acids is 1. The minimum absolute atomic E-state index is 0.162. The summed E-state index contributed by atoms with van der Waals surface area (Å²) in [6, 6.07) is 5.86. The second-order valence-electron chi connectivity index (χ2n) is 3.99. The number of carbonyl (C=O) groups is 1. The van der Waals surface area contributed by atoms with Gasteiger partial charge in [0.2, 0.25) is 0 Å². The van der Waals surface area contributed by atoms with Gasteiger partial charge < -0.3 is 10.4 Å². The molecule has 0 aliphatic rings. The maximum Gasteiger partial charge on any atom is 0.329 e. The van der Waals surface area contributed by atoms with E-state index in [1.807, 2.05) is 0 Å². The number of anilines is 1. The van der Waals surface area contributed by atoms with Crippen molar-refractivity contribution in [1.82, 2.24) is 0 Å². The Bertz CT molecular complexity index is 490. The van der Waals surface area contributed by atoms with Gasteiger partial charge in [0.25, 0.3) is 0 Å². The highest BCUT2D eigenvalue weighted by atomic mass is 19.1. The molecule has 0 atom stereocenters. The molecule has 18 heavy (non-hydrogen) atoms. The Morgan fingerprint density at radius 2 is 2.11 bits per heavy atom. The van der Waals surface area contributed by atoms with Gasteiger partial charge in [0, 0.05) is 0 Å². The molecule has 0 saturated carbocycles. The van der Waals surface area contributed by atoms with Gasteiger partial charge in [-0.3, -0.25) is 0 Å². The summed E-state index contributed by atoms with van der Waals surface area (Å²) in [5.41, 5.74) is -1.13. The van der Waals surface area contributed by atoms with Crippen molar-refractivity contribution in [3.05, 3.63) is 29.6 Å². The summed E-state index contributed by atoms with van der Waals surface area (Å²) in [4.78, 5) is 11.3. The van der Waals surface area contributed by atoms with Crippen LogP contribution in [0.3, 0.4) is 0 Å². The summed E-state index contributed by atoms with van der Waals surface area (Å²) < 4.78 is 13.4. The van der Waals surface area contributed by atoms with Gasteiger partial charge >= 0.3 is 5.97 Å². The minimum atomic E-state index is -1.18. The van der Waals surface area contributed by atoms with Gasteiger partial charge in [-0.05, 0) is 25.0 Å². The quantitative estimate of drug-likeness (QED) is 0.842. The van der Waals surface area contributed by atoms with E-state index in [4.69, 9.17) is 5.26 Å². The first kappa shape index (κ1) is 14.0. The molecule has 0 spiro atoms. The van der Waals surface area contributed by atoms with E-state index in [0.717, 1.165) is 0 Å². The minimum Gasteiger partial charge on any atom is -0.480 e. The molecule has 1 aromatic rings. The molecule has 1 aromatic carbocycles. The van der Waals surface area contributed by atoms with Crippen LogP contribution in [0.25, 0.3) is 0 Å². The zero-order valence-electron chi connectivity index (χ0n) is 10.3. The van der Waals surface area contributed by atoms with Crippen LogP contribution in [0.5, 0.6) is 0 Å². The van der Waals surface area contributed by atoms with Crippen molar-refractivity contribution in [2.75, 3.05) is 5.32 Å². The summed E-state index contributed by atoms with van der Waals surface area (Å²) in [5.74, 6) is -1.67. The van der Waals surface area contributed by atoms with Crippen LogP contribution in [0.15, 0.2) is 18.2 Å². The van der Waals surface area contributed by atoms with Crippen molar-refractivity contribution < 1.29 is 14.3 Å². The summed E-state index contributed by atoms with van der Waals surface area (Å²) >= 11 is 0. The molecule has 0 amide bonds. The third kappa shape index (κ3) is 2.43. The number of hydrogen-bond donors (Lipinski definition) is 2. The molecule has 0 aromatic heterocycles. The monoisotopic (exact) mass is 250 g/mol. The van der Waals surface area contributed by atoms with E-state index in [0.29, 0.717) is 12.8 Å². The Labute approximate surface area is 105 Å². The van der Waals surface area contributed by atoms with Gasteiger partial charge in [0.1, 0.15) is 23.0 Å². The number of rotatable bonds is 5. The summed E-state index contributed by atoms with van der Waals surface area (Å²) in [5, 5.41) is 21.0. The topological polar surface area (TPSA) is 73.1 Å². The fraction of sp³-hybridized carbons (Fsp3) is 0.385. The zero-order chi connectivity index (χ0) is 13.8. The number of nitriles is 1. The van der Waals surface area contributed by atoms with Crippen molar-refractivity contribution in [1.29, 1.82) is 5.26 Å². The predicted molar refractivity (Wildman–Crippen MR) is 65.7 cm³/mol. The van der Waals surface area contributed by atoms with Crippen LogP contribution in [-0.2, 0) is 4.79 Å². The lowest BCUT2D eigenvalue weighted by Crippen LogP contribution is -2.45. The largest absolute Gasteiger partial charge is 0.480 e. The molecule has 0 saturated heterocycles. The summed E-state index contributed by atoms with van der Waals surface area (Å²) in [7, 11) is 0. The molecule has 0 aliphatic carbocycles. The Morgan fingerprint density at radius 3 is 2.56 bits per heavy atom. The number of nitrogens with zero attached hydrogens (tertiary/aromatic N) is 1. The third-order valence-corrected chi connectivity index (χ3v) is 3.12. The van der Waals surface area contributed by atoms with Crippen LogP contribution in [0.1, 0.15) is 32.3 Å². The summed E-state index contributed by atoms with van der Waals surface area (Å²) in [6.07, 6.45) is 0.667. The Morgan fingerprint density at radius 1 is 1.50 bits per heavy atom. The van der Waals surface area contributed by atoms with Crippen molar-refractivity contribution in [2.24, 2.45) is 0 Å². The molecule has 2 N–H and O–H groups in total. The molecule has 0 aliphatic heterocycles. The van der Waals surface area contributed by atoms with Crippen molar-refractivity contribution in [3.8, 4) is 6.07 Å². The molecular formula is C13H15FN2O2. The molecule has 0 unspecified atom stereocenters. The standard InChI is InChI=1S/C13H15FN2O2/c1-3-13(4-2,12(17)18)16-11-7-5-6-10(14)9(11)8-15/h5-7,16H,3-4H2,1-2H3,(H,17,18). The van der Waals surface area contributed by atoms with Gasteiger partial charge in [-0.2, -0.15) is 5.26 Å². The van der Waals surface area contributed by atoms with Gasteiger partial charge in [0.05, 0.1) is 5.69 Å². The first-order valence-electron chi connectivity index (χ1n) is 5.71. The van der Waals surface area contributed by atoms with Gasteiger partial charge in [-0.25, -0.2) is 9.18 Å². The average Bonchev–Trinajstić information content (AvgIpc) is 2.35.